The predicted octanol–water partition coefficient (Wildman–Crippen LogP) is 6.18. The van der Waals surface area contributed by atoms with E-state index in [1.165, 1.54) is 11.8 Å². The summed E-state index contributed by atoms with van der Waals surface area (Å²) in [4.78, 5) is 16.6. The van der Waals surface area contributed by atoms with Crippen molar-refractivity contribution >= 4 is 46.9 Å². The molecule has 0 aliphatic carbocycles. The number of aliphatic imine (C=N–C) groups is 1. The highest BCUT2D eigenvalue weighted by molar-refractivity contribution is 7.99. The molecule has 1 amide bonds. The molecular weight excluding hydrogens is 444 g/mol. The molecule has 3 aromatic carbocycles. The van der Waals surface area contributed by atoms with Crippen molar-refractivity contribution in [3.63, 3.8) is 0 Å². The van der Waals surface area contributed by atoms with E-state index in [-0.39, 0.29) is 11.7 Å². The number of rotatable bonds is 7. The Kier molecular flexibility index (Phi) is 6.99. The quantitative estimate of drug-likeness (QED) is 0.262. The first-order chi connectivity index (χ1) is 15.6. The van der Waals surface area contributed by atoms with Crippen LogP contribution in [0.4, 0.5) is 11.4 Å². The van der Waals surface area contributed by atoms with Gasteiger partial charge in [0.15, 0.2) is 0 Å². The second-order valence-electron chi connectivity index (χ2n) is 6.88. The van der Waals surface area contributed by atoms with E-state index in [2.05, 4.69) is 20.5 Å². The minimum absolute atomic E-state index is 0.132. The predicted molar refractivity (Wildman–Crippen MR) is 129 cm³/mol. The number of carbonyl (C=O) groups excluding carboxylic acids is 1. The highest BCUT2D eigenvalue weighted by Gasteiger charge is 2.12. The summed E-state index contributed by atoms with van der Waals surface area (Å²) in [5.74, 6) is 0.431. The maximum atomic E-state index is 12.2. The summed E-state index contributed by atoms with van der Waals surface area (Å²) in [6.45, 7) is 1.95. The molecule has 1 heterocycles. The Morgan fingerprint density at radius 2 is 1.81 bits per heavy atom. The maximum Gasteiger partial charge on any atom is 0.277 e. The van der Waals surface area contributed by atoms with Crippen LogP contribution in [-0.4, -0.2) is 28.1 Å². The lowest BCUT2D eigenvalue weighted by Gasteiger charge is -2.06. The molecule has 0 spiro atoms. The average molecular weight is 463 g/mol. The molecule has 8 heteroatoms. The van der Waals surface area contributed by atoms with Gasteiger partial charge in [0.25, 0.3) is 5.22 Å². The lowest BCUT2D eigenvalue weighted by molar-refractivity contribution is -0.113. The standard InChI is InChI=1S/C24H19ClN4O2S/c1-16-4-2-3-5-21(16)27-22(30)15-32-24-29-28-23(31-24)18-8-12-20(13-9-18)26-14-17-6-10-19(25)11-7-17/h2-14H,15H2,1H3,(H,27,30). The molecule has 6 nitrogen and oxygen atoms in total. The smallest absolute Gasteiger partial charge is 0.277 e. The Morgan fingerprint density at radius 1 is 1.06 bits per heavy atom. The summed E-state index contributed by atoms with van der Waals surface area (Å²) >= 11 is 7.09. The Hall–Kier alpha value is -3.42. The third kappa shape index (κ3) is 5.84. The van der Waals surface area contributed by atoms with E-state index in [1.807, 2.05) is 79.7 Å². The van der Waals surface area contributed by atoms with Crippen LogP contribution in [0.2, 0.25) is 5.02 Å². The van der Waals surface area contributed by atoms with E-state index in [4.69, 9.17) is 16.0 Å². The minimum atomic E-state index is -0.132. The number of para-hydroxylation sites is 1. The first-order valence-corrected chi connectivity index (χ1v) is 11.1. The number of nitrogens with zero attached hydrogens (tertiary/aromatic N) is 3. The molecule has 4 aromatic rings. The van der Waals surface area contributed by atoms with Crippen molar-refractivity contribution in [3.05, 3.63) is 88.9 Å². The van der Waals surface area contributed by atoms with Crippen LogP contribution in [0.1, 0.15) is 11.1 Å². The second-order valence-corrected chi connectivity index (χ2v) is 8.24. The number of amides is 1. The molecule has 0 saturated carbocycles. The lowest BCUT2D eigenvalue weighted by Crippen LogP contribution is -2.14. The monoisotopic (exact) mass is 462 g/mol. The molecular formula is C24H19ClN4O2S. The van der Waals surface area contributed by atoms with Crippen molar-refractivity contribution in [1.82, 2.24) is 10.2 Å². The van der Waals surface area contributed by atoms with Gasteiger partial charge in [0, 0.05) is 22.5 Å². The Balaban J connectivity index is 1.33. The van der Waals surface area contributed by atoms with E-state index in [0.717, 1.165) is 28.1 Å². The molecule has 0 bridgehead atoms. The van der Waals surface area contributed by atoms with Crippen LogP contribution in [-0.2, 0) is 4.79 Å². The molecule has 0 aliphatic heterocycles. The number of hydrogen-bond donors (Lipinski definition) is 1. The average Bonchev–Trinajstić information content (AvgIpc) is 3.28. The molecule has 4 rings (SSSR count). The van der Waals surface area contributed by atoms with Gasteiger partial charge in [0.05, 0.1) is 11.4 Å². The number of carbonyl (C=O) groups is 1. The molecule has 1 N–H and O–H groups in total. The Labute approximate surface area is 194 Å². The molecule has 0 unspecified atom stereocenters. The summed E-state index contributed by atoms with van der Waals surface area (Å²) < 4.78 is 5.68. The molecule has 160 valence electrons. The number of benzene rings is 3. The number of halogens is 1. The molecule has 32 heavy (non-hydrogen) atoms. The van der Waals surface area contributed by atoms with Gasteiger partial charge in [-0.05, 0) is 60.5 Å². The van der Waals surface area contributed by atoms with Crippen LogP contribution in [0.5, 0.6) is 0 Å². The van der Waals surface area contributed by atoms with Crippen molar-refractivity contribution < 1.29 is 9.21 Å². The van der Waals surface area contributed by atoms with E-state index < -0.39 is 0 Å². The summed E-state index contributed by atoms with van der Waals surface area (Å²) in [5.41, 5.74) is 4.34. The summed E-state index contributed by atoms with van der Waals surface area (Å²) in [6.07, 6.45) is 1.77. The van der Waals surface area contributed by atoms with Gasteiger partial charge in [-0.3, -0.25) is 9.79 Å². The van der Waals surface area contributed by atoms with Crippen LogP contribution in [0.25, 0.3) is 11.5 Å². The lowest BCUT2D eigenvalue weighted by atomic mass is 10.2. The Morgan fingerprint density at radius 3 is 2.56 bits per heavy atom. The third-order valence-electron chi connectivity index (χ3n) is 4.50. The van der Waals surface area contributed by atoms with Crippen LogP contribution in [0.3, 0.4) is 0 Å². The molecule has 0 radical (unpaired) electrons. The number of aromatic nitrogens is 2. The molecule has 0 atom stereocenters. The van der Waals surface area contributed by atoms with Crippen LogP contribution >= 0.6 is 23.4 Å². The Bertz CT molecular complexity index is 1240. The molecule has 0 fully saturated rings. The summed E-state index contributed by atoms with van der Waals surface area (Å²) in [7, 11) is 0. The number of anilines is 1. The highest BCUT2D eigenvalue weighted by atomic mass is 35.5. The maximum absolute atomic E-state index is 12.2. The van der Waals surface area contributed by atoms with Gasteiger partial charge >= 0.3 is 0 Å². The number of hydrogen-bond acceptors (Lipinski definition) is 6. The molecule has 0 aliphatic rings. The van der Waals surface area contributed by atoms with Gasteiger partial charge in [-0.2, -0.15) is 0 Å². The van der Waals surface area contributed by atoms with Crippen molar-refractivity contribution in [2.45, 2.75) is 12.1 Å². The van der Waals surface area contributed by atoms with Crippen molar-refractivity contribution in [3.8, 4) is 11.5 Å². The number of thioether (sulfide) groups is 1. The topological polar surface area (TPSA) is 80.4 Å². The van der Waals surface area contributed by atoms with E-state index in [1.54, 1.807) is 6.21 Å². The first kappa shape index (κ1) is 21.8. The third-order valence-corrected chi connectivity index (χ3v) is 5.57. The van der Waals surface area contributed by atoms with Crippen LogP contribution in [0, 0.1) is 6.92 Å². The van der Waals surface area contributed by atoms with Gasteiger partial charge in [-0.15, -0.1) is 10.2 Å². The fourth-order valence-electron chi connectivity index (χ4n) is 2.80. The normalized spacial score (nSPS) is 11.1. The summed E-state index contributed by atoms with van der Waals surface area (Å²) in [6, 6.07) is 22.5. The van der Waals surface area contributed by atoms with Crippen LogP contribution < -0.4 is 5.32 Å². The summed E-state index contributed by atoms with van der Waals surface area (Å²) in [5, 5.41) is 12.0. The van der Waals surface area contributed by atoms with Gasteiger partial charge in [0.2, 0.25) is 11.8 Å². The van der Waals surface area contributed by atoms with Gasteiger partial charge < -0.3 is 9.73 Å². The van der Waals surface area contributed by atoms with Crippen molar-refractivity contribution in [1.29, 1.82) is 0 Å². The largest absolute Gasteiger partial charge is 0.411 e. The van der Waals surface area contributed by atoms with Gasteiger partial charge in [-0.1, -0.05) is 53.7 Å². The first-order valence-electron chi connectivity index (χ1n) is 9.79. The van der Waals surface area contributed by atoms with Crippen LogP contribution in [0.15, 0.2) is 87.4 Å². The zero-order valence-electron chi connectivity index (χ0n) is 17.2. The van der Waals surface area contributed by atoms with Gasteiger partial charge in [-0.25, -0.2) is 0 Å². The highest BCUT2D eigenvalue weighted by Crippen LogP contribution is 2.25. The van der Waals surface area contributed by atoms with E-state index in [0.29, 0.717) is 16.1 Å². The fraction of sp³-hybridized carbons (Fsp3) is 0.0833. The molecule has 0 saturated heterocycles. The van der Waals surface area contributed by atoms with E-state index in [9.17, 15) is 4.79 Å². The number of nitrogens with one attached hydrogen (secondary N) is 1. The van der Waals surface area contributed by atoms with Crippen molar-refractivity contribution in [2.75, 3.05) is 11.1 Å². The van der Waals surface area contributed by atoms with Gasteiger partial charge in [0.1, 0.15) is 0 Å². The number of aryl methyl sites for hydroxylation is 1. The SMILES string of the molecule is Cc1ccccc1NC(=O)CSc1nnc(-c2ccc(N=Cc3ccc(Cl)cc3)cc2)o1. The van der Waals surface area contributed by atoms with Crippen molar-refractivity contribution in [2.24, 2.45) is 4.99 Å². The minimum Gasteiger partial charge on any atom is -0.411 e. The second kappa shape index (κ2) is 10.3. The fourth-order valence-corrected chi connectivity index (χ4v) is 3.49. The zero-order chi connectivity index (χ0) is 22.3. The zero-order valence-corrected chi connectivity index (χ0v) is 18.7. The van der Waals surface area contributed by atoms with E-state index >= 15 is 0 Å². The molecule has 1 aromatic heterocycles.